The molecule has 1 saturated heterocycles. The van der Waals surface area contributed by atoms with Gasteiger partial charge in [0, 0.05) is 12.1 Å². The molecule has 1 aromatic heterocycles. The van der Waals surface area contributed by atoms with Gasteiger partial charge in [-0.05, 0) is 48.6 Å². The molecule has 31 heavy (non-hydrogen) atoms. The first-order valence-corrected chi connectivity index (χ1v) is 11.5. The van der Waals surface area contributed by atoms with Crippen LogP contribution < -0.4 is 15.2 Å². The van der Waals surface area contributed by atoms with Crippen LogP contribution in [-0.4, -0.2) is 55.8 Å². The number of anilines is 1. The van der Waals surface area contributed by atoms with Crippen molar-refractivity contribution in [1.29, 1.82) is 0 Å². The summed E-state index contributed by atoms with van der Waals surface area (Å²) in [6.07, 6.45) is 2.11. The van der Waals surface area contributed by atoms with Gasteiger partial charge in [0.05, 0.1) is 67.6 Å². The molecule has 2 heterocycles. The molecule has 0 aliphatic carbocycles. The Morgan fingerprint density at radius 1 is 1.06 bits per heavy atom. The third kappa shape index (κ3) is 5.35. The number of halogens is 2. The van der Waals surface area contributed by atoms with Crippen LogP contribution in [0.25, 0.3) is 10.9 Å². The number of hydrogen-bond donors (Lipinski definition) is 1. The lowest BCUT2D eigenvalue weighted by Gasteiger charge is -2.43. The first kappa shape index (κ1) is 22.0. The normalized spacial score (nSPS) is 15.9. The molecule has 1 N–H and O–H groups in total. The summed E-state index contributed by atoms with van der Waals surface area (Å²) in [6, 6.07) is 15.0. The lowest BCUT2D eigenvalue weighted by molar-refractivity contribution is -0.910. The van der Waals surface area contributed by atoms with Crippen LogP contribution in [0.15, 0.2) is 53.3 Å². The third-order valence-electron chi connectivity index (χ3n) is 6.15. The molecule has 0 radical (unpaired) electrons. The number of piperazine rings is 1. The van der Waals surface area contributed by atoms with Crippen molar-refractivity contribution in [2.24, 2.45) is 0 Å². The van der Waals surface area contributed by atoms with Gasteiger partial charge in [-0.15, -0.1) is 0 Å². The molecule has 1 aliphatic rings. The van der Waals surface area contributed by atoms with E-state index in [1.54, 1.807) is 0 Å². The molecule has 0 spiro atoms. The van der Waals surface area contributed by atoms with Gasteiger partial charge in [0.25, 0.3) is 0 Å². The van der Waals surface area contributed by atoms with Crippen LogP contribution in [0.4, 0.5) is 5.69 Å². The Kier molecular flexibility index (Phi) is 6.75. The lowest BCUT2D eigenvalue weighted by Crippen LogP contribution is -2.57. The van der Waals surface area contributed by atoms with E-state index in [1.165, 1.54) is 6.07 Å². The largest absolute Gasteiger partial charge is 0.494 e. The van der Waals surface area contributed by atoms with Gasteiger partial charge < -0.3 is 19.1 Å². The summed E-state index contributed by atoms with van der Waals surface area (Å²) < 4.78 is 6.97. The molecule has 1 fully saturated rings. The van der Waals surface area contributed by atoms with Gasteiger partial charge in [-0.25, -0.2) is 0 Å². The summed E-state index contributed by atoms with van der Waals surface area (Å²) in [5, 5.41) is 2.26. The van der Waals surface area contributed by atoms with E-state index in [1.807, 2.05) is 42.5 Å². The number of aromatic amines is 1. The van der Waals surface area contributed by atoms with Crippen molar-refractivity contribution in [2.45, 2.75) is 12.8 Å². The van der Waals surface area contributed by atoms with Gasteiger partial charge in [-0.2, -0.15) is 0 Å². The number of rotatable bonds is 7. The molecular formula is C24H28Cl2N3O2+. The molecule has 0 saturated carbocycles. The summed E-state index contributed by atoms with van der Waals surface area (Å²) in [4.78, 5) is 16.7. The third-order valence-corrected chi connectivity index (χ3v) is 6.96. The molecule has 1 aliphatic heterocycles. The van der Waals surface area contributed by atoms with Crippen LogP contribution in [0, 0.1) is 0 Å². The highest BCUT2D eigenvalue weighted by Crippen LogP contribution is 2.33. The van der Waals surface area contributed by atoms with E-state index in [-0.39, 0.29) is 5.56 Å². The second kappa shape index (κ2) is 9.51. The van der Waals surface area contributed by atoms with Gasteiger partial charge in [0.1, 0.15) is 5.75 Å². The van der Waals surface area contributed by atoms with Crippen LogP contribution >= 0.6 is 23.2 Å². The maximum Gasteiger partial charge on any atom is 0.248 e. The number of benzene rings is 2. The summed E-state index contributed by atoms with van der Waals surface area (Å²) in [6.45, 7) is 5.92. The zero-order valence-electron chi connectivity index (χ0n) is 17.7. The van der Waals surface area contributed by atoms with Crippen molar-refractivity contribution in [3.05, 3.63) is 68.9 Å². The molecule has 164 valence electrons. The van der Waals surface area contributed by atoms with Crippen molar-refractivity contribution in [3.63, 3.8) is 0 Å². The zero-order chi connectivity index (χ0) is 21.8. The van der Waals surface area contributed by atoms with Crippen molar-refractivity contribution >= 4 is 39.8 Å². The SMILES string of the molecule is C[N+]1(CCCCOc2ccc3ccc(=O)[nH]c3c2)CCN(c2cccc(Cl)c2Cl)CC1. The summed E-state index contributed by atoms with van der Waals surface area (Å²) in [7, 11) is 2.33. The van der Waals surface area contributed by atoms with Crippen molar-refractivity contribution in [1.82, 2.24) is 4.98 Å². The Labute approximate surface area is 192 Å². The fourth-order valence-corrected chi connectivity index (χ4v) is 4.57. The quantitative estimate of drug-likeness (QED) is 0.400. The average Bonchev–Trinajstić information content (AvgIpc) is 2.76. The van der Waals surface area contributed by atoms with E-state index in [0.717, 1.165) is 72.4 Å². The van der Waals surface area contributed by atoms with Crippen molar-refractivity contribution in [2.75, 3.05) is 51.3 Å². The van der Waals surface area contributed by atoms with Gasteiger partial charge in [0.2, 0.25) is 5.56 Å². The first-order valence-electron chi connectivity index (χ1n) is 10.7. The highest BCUT2D eigenvalue weighted by molar-refractivity contribution is 6.43. The van der Waals surface area contributed by atoms with Crippen molar-refractivity contribution in [3.8, 4) is 5.75 Å². The summed E-state index contributed by atoms with van der Waals surface area (Å²) in [5.74, 6) is 0.793. The van der Waals surface area contributed by atoms with E-state index in [9.17, 15) is 4.79 Å². The number of nitrogens with one attached hydrogen (secondary N) is 1. The van der Waals surface area contributed by atoms with E-state index in [0.29, 0.717) is 16.7 Å². The Hall–Kier alpha value is -2.21. The fourth-order valence-electron chi connectivity index (χ4n) is 4.15. The smallest absolute Gasteiger partial charge is 0.248 e. The number of nitrogens with zero attached hydrogens (tertiary/aromatic N) is 2. The molecule has 4 rings (SSSR count). The summed E-state index contributed by atoms with van der Waals surface area (Å²) in [5.41, 5.74) is 1.74. The minimum absolute atomic E-state index is 0.0978. The van der Waals surface area contributed by atoms with Gasteiger partial charge in [-0.3, -0.25) is 4.79 Å². The monoisotopic (exact) mass is 460 g/mol. The molecule has 0 unspecified atom stereocenters. The van der Waals surface area contributed by atoms with E-state index in [2.05, 4.69) is 16.9 Å². The fraction of sp³-hybridized carbons (Fsp3) is 0.375. The molecule has 3 aromatic rings. The molecule has 5 nitrogen and oxygen atoms in total. The number of pyridine rings is 1. The van der Waals surface area contributed by atoms with Crippen LogP contribution in [0.3, 0.4) is 0 Å². The molecule has 2 aromatic carbocycles. The Bertz CT molecular complexity index is 1110. The van der Waals surface area contributed by atoms with E-state index in [4.69, 9.17) is 27.9 Å². The molecular weight excluding hydrogens is 433 g/mol. The standard InChI is InChI=1S/C24H27Cl2N3O2/c1-29(14-11-28(12-15-29)22-6-4-5-20(25)24(22)26)13-2-3-16-31-19-9-7-18-8-10-23(30)27-21(18)17-19/h4-10,17H,2-3,11-16H2,1H3/p+1. The van der Waals surface area contributed by atoms with Gasteiger partial charge >= 0.3 is 0 Å². The van der Waals surface area contributed by atoms with Gasteiger partial charge in [-0.1, -0.05) is 29.3 Å². The number of unbranched alkanes of at least 4 members (excludes halogenated alkanes) is 1. The Balaban J connectivity index is 1.22. The number of fused-ring (bicyclic) bond motifs is 1. The van der Waals surface area contributed by atoms with Crippen LogP contribution in [0.5, 0.6) is 5.75 Å². The minimum atomic E-state index is -0.0978. The van der Waals surface area contributed by atoms with E-state index >= 15 is 0 Å². The number of aromatic nitrogens is 1. The lowest BCUT2D eigenvalue weighted by atomic mass is 10.2. The Morgan fingerprint density at radius 2 is 1.84 bits per heavy atom. The first-order chi connectivity index (χ1) is 14.9. The second-order valence-corrected chi connectivity index (χ2v) is 9.26. The molecule has 7 heteroatoms. The van der Waals surface area contributed by atoms with Crippen LogP contribution in [-0.2, 0) is 0 Å². The number of quaternary nitrogens is 1. The van der Waals surface area contributed by atoms with Crippen molar-refractivity contribution < 1.29 is 9.22 Å². The highest BCUT2D eigenvalue weighted by atomic mass is 35.5. The number of ether oxygens (including phenoxy) is 1. The van der Waals surface area contributed by atoms with Crippen LogP contribution in [0.1, 0.15) is 12.8 Å². The minimum Gasteiger partial charge on any atom is -0.494 e. The predicted molar refractivity (Wildman–Crippen MR) is 129 cm³/mol. The topological polar surface area (TPSA) is 45.3 Å². The number of likely N-dealkylation sites (N-methyl/N-ethyl adjacent to an activating group) is 1. The molecule has 0 atom stereocenters. The van der Waals surface area contributed by atoms with Crippen LogP contribution in [0.2, 0.25) is 10.0 Å². The Morgan fingerprint density at radius 3 is 2.65 bits per heavy atom. The van der Waals surface area contributed by atoms with E-state index < -0.39 is 0 Å². The second-order valence-electron chi connectivity index (χ2n) is 8.48. The highest BCUT2D eigenvalue weighted by Gasteiger charge is 2.29. The number of H-pyrrole nitrogens is 1. The average molecular weight is 461 g/mol. The number of hydrogen-bond acceptors (Lipinski definition) is 3. The molecule has 0 bridgehead atoms. The molecule has 0 amide bonds. The maximum atomic E-state index is 11.5. The zero-order valence-corrected chi connectivity index (χ0v) is 19.3. The van der Waals surface area contributed by atoms with Gasteiger partial charge in [0.15, 0.2) is 0 Å². The predicted octanol–water partition coefficient (Wildman–Crippen LogP) is 4.96. The maximum absolute atomic E-state index is 11.5. The summed E-state index contributed by atoms with van der Waals surface area (Å²) >= 11 is 12.6.